The van der Waals surface area contributed by atoms with Crippen molar-refractivity contribution in [3.8, 4) is 40.0 Å². The summed E-state index contributed by atoms with van der Waals surface area (Å²) in [6.07, 6.45) is 29.3. The molecule has 2 aromatic carbocycles. The van der Waals surface area contributed by atoms with E-state index in [1.807, 2.05) is 30.3 Å². The van der Waals surface area contributed by atoms with Crippen LogP contribution in [0.1, 0.15) is 193 Å². The molecule has 0 spiro atoms. The first-order valence-corrected chi connectivity index (χ1v) is 27.4. The van der Waals surface area contributed by atoms with Crippen LogP contribution in [0, 0.1) is 0 Å². The van der Waals surface area contributed by atoms with Crippen molar-refractivity contribution in [2.24, 2.45) is 0 Å². The number of rotatable bonds is 26. The van der Waals surface area contributed by atoms with Crippen molar-refractivity contribution in [1.82, 2.24) is 4.57 Å². The topological polar surface area (TPSA) is 114 Å². The maximum atomic E-state index is 15.6. The molecule has 5 aliphatic rings. The van der Waals surface area contributed by atoms with Gasteiger partial charge in [0, 0.05) is 56.3 Å². The smallest absolute Gasteiger partial charge is 0.235 e. The zero-order chi connectivity index (χ0) is 46.6. The van der Waals surface area contributed by atoms with Gasteiger partial charge in [-0.3, -0.25) is 4.79 Å². The SMILES string of the molecule is CCCCCCCCCCCCCCCCn1c(-c2ccc(OC3CCCCO3)c(OC3CCCCO3)c2)c(OC2CCCCO2)c(=O)c2c(OC3CCCCO3)cc(OC3CCCCO3)cc21. The van der Waals surface area contributed by atoms with Gasteiger partial charge in [-0.25, -0.2) is 0 Å². The molecular weight excluding hydrogens is 863 g/mol. The van der Waals surface area contributed by atoms with Crippen LogP contribution in [0.15, 0.2) is 35.1 Å². The van der Waals surface area contributed by atoms with Crippen molar-refractivity contribution in [2.45, 2.75) is 231 Å². The van der Waals surface area contributed by atoms with E-state index in [2.05, 4.69) is 11.5 Å². The molecular formula is C56H83NO11. The average Bonchev–Trinajstić information content (AvgIpc) is 3.37. The molecule has 0 aliphatic carbocycles. The van der Waals surface area contributed by atoms with Gasteiger partial charge < -0.3 is 51.9 Å². The summed E-state index contributed by atoms with van der Waals surface area (Å²) in [7, 11) is 0. The van der Waals surface area contributed by atoms with Gasteiger partial charge in [0.05, 0.1) is 49.6 Å². The molecule has 1 aromatic heterocycles. The summed E-state index contributed by atoms with van der Waals surface area (Å²) in [6.45, 7) is 6.05. The zero-order valence-electron chi connectivity index (χ0n) is 41.5. The van der Waals surface area contributed by atoms with Crippen LogP contribution in [0.3, 0.4) is 0 Å². The molecule has 378 valence electrons. The lowest BCUT2D eigenvalue weighted by atomic mass is 10.0. The van der Waals surface area contributed by atoms with E-state index in [1.54, 1.807) is 0 Å². The Bertz CT molecular complexity index is 1990. The van der Waals surface area contributed by atoms with E-state index in [-0.39, 0.29) is 23.8 Å². The molecule has 5 aliphatic heterocycles. The highest BCUT2D eigenvalue weighted by Crippen LogP contribution is 2.43. The molecule has 0 N–H and O–H groups in total. The number of unbranched alkanes of at least 4 members (excludes halogenated alkanes) is 13. The lowest BCUT2D eigenvalue weighted by Gasteiger charge is -2.30. The van der Waals surface area contributed by atoms with Gasteiger partial charge >= 0.3 is 0 Å². The van der Waals surface area contributed by atoms with Crippen molar-refractivity contribution in [3.05, 3.63) is 40.6 Å². The van der Waals surface area contributed by atoms with E-state index < -0.39 is 18.9 Å². The molecule has 0 bridgehead atoms. The largest absolute Gasteiger partial charge is 0.465 e. The fourth-order valence-electron chi connectivity index (χ4n) is 10.3. The molecule has 5 fully saturated rings. The molecule has 5 saturated heterocycles. The van der Waals surface area contributed by atoms with Gasteiger partial charge in [-0.15, -0.1) is 0 Å². The average molecular weight is 946 g/mol. The number of fused-ring (bicyclic) bond motifs is 1. The lowest BCUT2D eigenvalue weighted by molar-refractivity contribution is -0.118. The molecule has 0 radical (unpaired) electrons. The number of hydrogen-bond acceptors (Lipinski definition) is 11. The summed E-state index contributed by atoms with van der Waals surface area (Å²) in [4.78, 5) is 15.6. The van der Waals surface area contributed by atoms with E-state index >= 15 is 4.79 Å². The molecule has 6 heterocycles. The van der Waals surface area contributed by atoms with Crippen LogP contribution in [0.5, 0.6) is 28.7 Å². The predicted octanol–water partition coefficient (Wildman–Crippen LogP) is 13.7. The van der Waals surface area contributed by atoms with E-state index in [9.17, 15) is 0 Å². The molecule has 5 atom stereocenters. The first-order chi connectivity index (χ1) is 33.6. The summed E-state index contributed by atoms with van der Waals surface area (Å²) in [5.41, 5.74) is 1.88. The number of benzene rings is 2. The van der Waals surface area contributed by atoms with Crippen molar-refractivity contribution >= 4 is 10.9 Å². The summed E-state index contributed by atoms with van der Waals surface area (Å²) in [6, 6.07) is 9.83. The highest BCUT2D eigenvalue weighted by atomic mass is 16.7. The third-order valence-corrected chi connectivity index (χ3v) is 14.2. The number of nitrogens with zero attached hydrogens (tertiary/aromatic N) is 1. The minimum absolute atomic E-state index is 0.234. The normalized spacial score (nSPS) is 23.6. The number of aromatic nitrogens is 1. The van der Waals surface area contributed by atoms with Crippen LogP contribution in [0.4, 0.5) is 0 Å². The van der Waals surface area contributed by atoms with Gasteiger partial charge in [0.25, 0.3) is 0 Å². The summed E-state index contributed by atoms with van der Waals surface area (Å²) >= 11 is 0. The number of hydrogen-bond donors (Lipinski definition) is 0. The molecule has 68 heavy (non-hydrogen) atoms. The number of pyridine rings is 1. The Kier molecular flexibility index (Phi) is 20.7. The van der Waals surface area contributed by atoms with Crippen LogP contribution in [-0.4, -0.2) is 69.1 Å². The van der Waals surface area contributed by atoms with Crippen LogP contribution >= 0.6 is 0 Å². The van der Waals surface area contributed by atoms with E-state index in [4.69, 9.17) is 47.4 Å². The second-order valence-electron chi connectivity index (χ2n) is 19.8. The standard InChI is InChI=1S/C56H83NO11/c1-2-3-4-5-6-7-8-9-10-11-12-13-14-20-33-57-44-40-43(64-48-26-15-21-34-59-48)41-47(67-51-29-18-24-37-62-51)53(44)55(58)56(68-52-30-19-25-38-63-52)54(57)42-31-32-45(65-49-27-16-22-35-60-49)46(39-42)66-50-28-17-23-36-61-50/h31-32,39-41,48-52H,2-30,33-38H2,1H3. The Balaban J connectivity index is 1.17. The van der Waals surface area contributed by atoms with Crippen molar-refractivity contribution in [2.75, 3.05) is 33.0 Å². The lowest BCUT2D eigenvalue weighted by Crippen LogP contribution is -2.30. The fourth-order valence-corrected chi connectivity index (χ4v) is 10.3. The van der Waals surface area contributed by atoms with Crippen LogP contribution in [0.25, 0.3) is 22.2 Å². The van der Waals surface area contributed by atoms with Crippen molar-refractivity contribution in [3.63, 3.8) is 0 Å². The van der Waals surface area contributed by atoms with Crippen molar-refractivity contribution < 1.29 is 47.4 Å². The summed E-state index contributed by atoms with van der Waals surface area (Å²) in [5, 5.41) is 0.442. The van der Waals surface area contributed by atoms with Crippen molar-refractivity contribution in [1.29, 1.82) is 0 Å². The Labute approximate surface area is 406 Å². The number of aryl methyl sites for hydroxylation is 1. The molecule has 5 unspecified atom stereocenters. The third-order valence-electron chi connectivity index (χ3n) is 14.2. The Morgan fingerprint density at radius 1 is 0.471 bits per heavy atom. The molecule has 3 aromatic rings. The van der Waals surface area contributed by atoms with E-state index in [0.717, 1.165) is 115 Å². The molecule has 12 nitrogen and oxygen atoms in total. The van der Waals surface area contributed by atoms with Crippen LogP contribution in [-0.2, 0) is 30.2 Å². The van der Waals surface area contributed by atoms with Crippen LogP contribution in [0.2, 0.25) is 0 Å². The molecule has 12 heteroatoms. The summed E-state index contributed by atoms with van der Waals surface area (Å²) in [5.74, 6) is 2.38. The molecule has 8 rings (SSSR count). The van der Waals surface area contributed by atoms with Gasteiger partial charge in [-0.05, 0) is 88.8 Å². The maximum Gasteiger partial charge on any atom is 0.235 e. The number of ether oxygens (including phenoxy) is 10. The first-order valence-electron chi connectivity index (χ1n) is 27.4. The fraction of sp³-hybridized carbons (Fsp3) is 0.732. The zero-order valence-corrected chi connectivity index (χ0v) is 41.5. The van der Waals surface area contributed by atoms with Gasteiger partial charge in [0.15, 0.2) is 48.7 Å². The van der Waals surface area contributed by atoms with Gasteiger partial charge in [0.1, 0.15) is 11.5 Å². The Hall–Kier alpha value is -3.55. The highest BCUT2D eigenvalue weighted by Gasteiger charge is 2.30. The van der Waals surface area contributed by atoms with Gasteiger partial charge in [-0.1, -0.05) is 90.4 Å². The minimum atomic E-state index is -0.573. The van der Waals surface area contributed by atoms with E-state index in [1.165, 1.54) is 70.6 Å². The Morgan fingerprint density at radius 3 is 1.40 bits per heavy atom. The predicted molar refractivity (Wildman–Crippen MR) is 265 cm³/mol. The highest BCUT2D eigenvalue weighted by molar-refractivity contribution is 5.92. The van der Waals surface area contributed by atoms with Gasteiger partial charge in [-0.2, -0.15) is 0 Å². The first kappa shape index (κ1) is 50.8. The van der Waals surface area contributed by atoms with Crippen LogP contribution < -0.4 is 29.1 Å². The minimum Gasteiger partial charge on any atom is -0.465 e. The van der Waals surface area contributed by atoms with Gasteiger partial charge in [0.2, 0.25) is 5.43 Å². The molecule has 0 amide bonds. The maximum absolute atomic E-state index is 15.6. The second-order valence-corrected chi connectivity index (χ2v) is 19.8. The summed E-state index contributed by atoms with van der Waals surface area (Å²) < 4.78 is 66.4. The monoisotopic (exact) mass is 946 g/mol. The third kappa shape index (κ3) is 15.0. The molecule has 0 saturated carbocycles. The Morgan fingerprint density at radius 2 is 0.912 bits per heavy atom. The second kappa shape index (κ2) is 27.7. The quantitative estimate of drug-likeness (QED) is 0.0717. The van der Waals surface area contributed by atoms with E-state index in [0.29, 0.717) is 85.6 Å².